The molecule has 4 nitrogen and oxygen atoms in total. The maximum Gasteiger partial charge on any atom is 0.344 e. The van der Waals surface area contributed by atoms with Crippen LogP contribution in [0.3, 0.4) is 0 Å². The lowest BCUT2D eigenvalue weighted by atomic mass is 10.2. The standard InChI is InChI=1S/C13H11NO3S2/c1-6(13(15)16)17-9-5-10-11(14-7(2)19-10)12-8(9)3-4-18-12/h3-6H,1-2H3,(H,15,16). The molecule has 1 aromatic carbocycles. The highest BCUT2D eigenvalue weighted by atomic mass is 32.1. The molecular weight excluding hydrogens is 282 g/mol. The number of ether oxygens (including phenoxy) is 1. The molecule has 0 radical (unpaired) electrons. The van der Waals surface area contributed by atoms with Crippen molar-refractivity contribution in [1.29, 1.82) is 0 Å². The summed E-state index contributed by atoms with van der Waals surface area (Å²) in [5.41, 5.74) is 0.975. The van der Waals surface area contributed by atoms with Crippen LogP contribution in [0.2, 0.25) is 0 Å². The van der Waals surface area contributed by atoms with Gasteiger partial charge in [-0.05, 0) is 25.3 Å². The number of rotatable bonds is 3. The molecule has 1 atom stereocenters. The van der Waals surface area contributed by atoms with Gasteiger partial charge in [0.1, 0.15) is 5.75 Å². The van der Waals surface area contributed by atoms with Crippen molar-refractivity contribution in [2.45, 2.75) is 20.0 Å². The van der Waals surface area contributed by atoms with E-state index in [2.05, 4.69) is 4.98 Å². The van der Waals surface area contributed by atoms with Crippen molar-refractivity contribution in [1.82, 2.24) is 4.98 Å². The lowest BCUT2D eigenvalue weighted by Gasteiger charge is -2.11. The van der Waals surface area contributed by atoms with E-state index in [0.29, 0.717) is 5.75 Å². The predicted molar refractivity (Wildman–Crippen MR) is 77.5 cm³/mol. The number of benzene rings is 1. The second-order valence-corrected chi connectivity index (χ2v) is 6.37. The summed E-state index contributed by atoms with van der Waals surface area (Å²) in [7, 11) is 0. The smallest absolute Gasteiger partial charge is 0.344 e. The second-order valence-electron chi connectivity index (χ2n) is 4.22. The van der Waals surface area contributed by atoms with Crippen molar-refractivity contribution in [2.24, 2.45) is 0 Å². The first-order valence-corrected chi connectivity index (χ1v) is 7.42. The van der Waals surface area contributed by atoms with Crippen LogP contribution in [0, 0.1) is 6.92 Å². The van der Waals surface area contributed by atoms with Crippen molar-refractivity contribution in [3.63, 3.8) is 0 Å². The lowest BCUT2D eigenvalue weighted by Crippen LogP contribution is -2.22. The fourth-order valence-electron chi connectivity index (χ4n) is 1.93. The number of carboxylic acids is 1. The summed E-state index contributed by atoms with van der Waals surface area (Å²) in [6.07, 6.45) is -0.866. The largest absolute Gasteiger partial charge is 0.479 e. The van der Waals surface area contributed by atoms with Crippen LogP contribution in [0.25, 0.3) is 20.3 Å². The second kappa shape index (κ2) is 4.47. The molecule has 6 heteroatoms. The van der Waals surface area contributed by atoms with Gasteiger partial charge >= 0.3 is 5.97 Å². The molecule has 19 heavy (non-hydrogen) atoms. The monoisotopic (exact) mass is 293 g/mol. The fourth-order valence-corrected chi connectivity index (χ4v) is 3.76. The van der Waals surface area contributed by atoms with E-state index in [4.69, 9.17) is 9.84 Å². The Hall–Kier alpha value is -1.66. The predicted octanol–water partition coefficient (Wildman–Crippen LogP) is 3.67. The first kappa shape index (κ1) is 12.4. The zero-order valence-electron chi connectivity index (χ0n) is 10.3. The Kier molecular flexibility index (Phi) is 2.91. The highest BCUT2D eigenvalue weighted by Crippen LogP contribution is 2.39. The number of thiophene rings is 1. The number of aryl methyl sites for hydroxylation is 1. The lowest BCUT2D eigenvalue weighted by molar-refractivity contribution is -0.144. The van der Waals surface area contributed by atoms with Crippen molar-refractivity contribution in [2.75, 3.05) is 0 Å². The first-order valence-electron chi connectivity index (χ1n) is 5.73. The van der Waals surface area contributed by atoms with Gasteiger partial charge in [0.2, 0.25) is 0 Å². The van der Waals surface area contributed by atoms with Crippen LogP contribution in [-0.4, -0.2) is 22.2 Å². The molecule has 2 aromatic heterocycles. The number of hydrogen-bond acceptors (Lipinski definition) is 5. The number of nitrogens with zero attached hydrogens (tertiary/aromatic N) is 1. The summed E-state index contributed by atoms with van der Waals surface area (Å²) in [5, 5.41) is 12.8. The quantitative estimate of drug-likeness (QED) is 0.800. The van der Waals surface area contributed by atoms with Crippen LogP contribution in [0.15, 0.2) is 17.5 Å². The number of hydrogen-bond donors (Lipinski definition) is 1. The maximum absolute atomic E-state index is 10.9. The van der Waals surface area contributed by atoms with E-state index in [1.807, 2.05) is 24.4 Å². The van der Waals surface area contributed by atoms with E-state index < -0.39 is 12.1 Å². The molecule has 0 amide bonds. The summed E-state index contributed by atoms with van der Waals surface area (Å²) in [6.45, 7) is 3.49. The molecule has 0 aliphatic carbocycles. The molecule has 3 aromatic rings. The normalized spacial score (nSPS) is 12.9. The van der Waals surface area contributed by atoms with E-state index >= 15 is 0 Å². The van der Waals surface area contributed by atoms with Gasteiger partial charge in [-0.1, -0.05) is 0 Å². The molecule has 0 aliphatic rings. The third-order valence-electron chi connectivity index (χ3n) is 2.82. The minimum Gasteiger partial charge on any atom is -0.479 e. The molecule has 0 saturated carbocycles. The molecule has 0 aliphatic heterocycles. The Morgan fingerprint density at radius 2 is 2.32 bits per heavy atom. The Bertz CT molecular complexity index is 775. The van der Waals surface area contributed by atoms with E-state index in [9.17, 15) is 4.79 Å². The van der Waals surface area contributed by atoms with Crippen LogP contribution in [-0.2, 0) is 4.79 Å². The molecule has 2 heterocycles. The molecule has 1 unspecified atom stereocenters. The average molecular weight is 293 g/mol. The van der Waals surface area contributed by atoms with Crippen LogP contribution < -0.4 is 4.74 Å². The minimum absolute atomic E-state index is 0.613. The highest BCUT2D eigenvalue weighted by Gasteiger charge is 2.17. The minimum atomic E-state index is -0.969. The first-order chi connectivity index (χ1) is 9.06. The SMILES string of the molecule is Cc1nc2c(cc(OC(C)C(=O)O)c3ccsc32)s1. The van der Waals surface area contributed by atoms with Crippen LogP contribution in [0.5, 0.6) is 5.75 Å². The molecule has 0 spiro atoms. The summed E-state index contributed by atoms with van der Waals surface area (Å²) >= 11 is 3.18. The van der Waals surface area contributed by atoms with Crippen molar-refractivity contribution in [3.05, 3.63) is 22.5 Å². The molecule has 0 bridgehead atoms. The van der Waals surface area contributed by atoms with Crippen LogP contribution in [0.1, 0.15) is 11.9 Å². The van der Waals surface area contributed by atoms with Gasteiger partial charge in [0, 0.05) is 11.5 Å². The molecule has 1 N–H and O–H groups in total. The number of carboxylic acid groups (broad SMARTS) is 1. The number of thiazole rings is 1. The van der Waals surface area contributed by atoms with Crippen molar-refractivity contribution < 1.29 is 14.6 Å². The Balaban J connectivity index is 2.21. The zero-order chi connectivity index (χ0) is 13.6. The van der Waals surface area contributed by atoms with Crippen molar-refractivity contribution >= 4 is 48.9 Å². The Labute approximate surface area is 117 Å². The summed E-state index contributed by atoms with van der Waals surface area (Å²) in [4.78, 5) is 15.4. The van der Waals surface area contributed by atoms with Gasteiger partial charge in [0.05, 0.1) is 19.9 Å². The van der Waals surface area contributed by atoms with E-state index in [0.717, 1.165) is 25.3 Å². The molecule has 3 rings (SSSR count). The van der Waals surface area contributed by atoms with E-state index in [1.165, 1.54) is 6.92 Å². The van der Waals surface area contributed by atoms with Gasteiger partial charge in [-0.3, -0.25) is 0 Å². The summed E-state index contributed by atoms with van der Waals surface area (Å²) < 4.78 is 7.63. The molecule has 98 valence electrons. The van der Waals surface area contributed by atoms with Crippen LogP contribution in [0.4, 0.5) is 0 Å². The number of fused-ring (bicyclic) bond motifs is 3. The Morgan fingerprint density at radius 1 is 1.53 bits per heavy atom. The summed E-state index contributed by atoms with van der Waals surface area (Å²) in [5.74, 6) is -0.355. The van der Waals surface area contributed by atoms with Gasteiger partial charge in [-0.15, -0.1) is 22.7 Å². The fraction of sp³-hybridized carbons (Fsp3) is 0.231. The van der Waals surface area contributed by atoms with Crippen molar-refractivity contribution in [3.8, 4) is 5.75 Å². The topological polar surface area (TPSA) is 59.4 Å². The molecule has 0 fully saturated rings. The van der Waals surface area contributed by atoms with E-state index in [1.54, 1.807) is 22.7 Å². The van der Waals surface area contributed by atoms with Gasteiger partial charge < -0.3 is 9.84 Å². The van der Waals surface area contributed by atoms with Gasteiger partial charge in [0.25, 0.3) is 0 Å². The van der Waals surface area contributed by atoms with E-state index in [-0.39, 0.29) is 0 Å². The summed E-state index contributed by atoms with van der Waals surface area (Å²) in [6, 6.07) is 3.83. The molecular formula is C13H11NO3S2. The average Bonchev–Trinajstić information content (AvgIpc) is 2.93. The van der Waals surface area contributed by atoms with Crippen LogP contribution >= 0.6 is 22.7 Å². The highest BCUT2D eigenvalue weighted by molar-refractivity contribution is 7.21. The zero-order valence-corrected chi connectivity index (χ0v) is 12.0. The van der Waals surface area contributed by atoms with Gasteiger partial charge in [-0.25, -0.2) is 9.78 Å². The molecule has 0 saturated heterocycles. The number of aliphatic carboxylic acids is 1. The number of aromatic nitrogens is 1. The van der Waals surface area contributed by atoms with Gasteiger partial charge in [0.15, 0.2) is 6.10 Å². The third kappa shape index (κ3) is 2.06. The third-order valence-corrected chi connectivity index (χ3v) is 4.66. The Morgan fingerprint density at radius 3 is 3.05 bits per heavy atom. The number of carbonyl (C=O) groups is 1. The van der Waals surface area contributed by atoms with Gasteiger partial charge in [-0.2, -0.15) is 0 Å². The maximum atomic E-state index is 10.9.